The van der Waals surface area contributed by atoms with Crippen LogP contribution < -0.4 is 10.5 Å². The second-order valence-electron chi connectivity index (χ2n) is 5.83. The van der Waals surface area contributed by atoms with Gasteiger partial charge in [-0.25, -0.2) is 8.42 Å². The van der Waals surface area contributed by atoms with Gasteiger partial charge in [0.1, 0.15) is 15.6 Å². The third kappa shape index (κ3) is 4.34. The zero-order valence-corrected chi connectivity index (χ0v) is 14.0. The predicted octanol–water partition coefficient (Wildman–Crippen LogP) is 3.09. The van der Waals surface area contributed by atoms with Crippen LogP contribution in [0.4, 0.5) is 0 Å². The molecule has 1 aliphatic carbocycles. The van der Waals surface area contributed by atoms with Crippen molar-refractivity contribution >= 4 is 21.4 Å². The van der Waals surface area contributed by atoms with Gasteiger partial charge in [-0.15, -0.1) is 0 Å². The number of hydrogen-bond acceptors (Lipinski definition) is 4. The summed E-state index contributed by atoms with van der Waals surface area (Å²) in [6.07, 6.45) is 4.21. The van der Waals surface area contributed by atoms with Crippen molar-refractivity contribution in [1.82, 2.24) is 0 Å². The van der Waals surface area contributed by atoms with Crippen LogP contribution in [0.25, 0.3) is 0 Å². The highest BCUT2D eigenvalue weighted by Crippen LogP contribution is 2.32. The average molecular weight is 332 g/mol. The van der Waals surface area contributed by atoms with Crippen LogP contribution in [0.15, 0.2) is 18.2 Å². The number of sulfone groups is 1. The highest BCUT2D eigenvalue weighted by molar-refractivity contribution is 7.91. The highest BCUT2D eigenvalue weighted by atomic mass is 35.5. The van der Waals surface area contributed by atoms with Gasteiger partial charge in [0.15, 0.2) is 0 Å². The summed E-state index contributed by atoms with van der Waals surface area (Å²) >= 11 is 6.00. The Labute approximate surface area is 131 Å². The molecule has 21 heavy (non-hydrogen) atoms. The van der Waals surface area contributed by atoms with Crippen molar-refractivity contribution in [2.75, 3.05) is 6.26 Å². The van der Waals surface area contributed by atoms with E-state index in [0.717, 1.165) is 24.8 Å². The molecule has 1 saturated carbocycles. The quantitative estimate of drug-likeness (QED) is 0.920. The van der Waals surface area contributed by atoms with Crippen molar-refractivity contribution in [1.29, 1.82) is 0 Å². The van der Waals surface area contributed by atoms with Crippen molar-refractivity contribution in [2.45, 2.75) is 50.0 Å². The van der Waals surface area contributed by atoms with Gasteiger partial charge in [-0.1, -0.05) is 11.6 Å². The molecule has 0 aromatic heterocycles. The van der Waals surface area contributed by atoms with E-state index < -0.39 is 9.84 Å². The lowest BCUT2D eigenvalue weighted by Crippen LogP contribution is -2.33. The molecule has 0 radical (unpaired) electrons. The van der Waals surface area contributed by atoms with Crippen LogP contribution >= 0.6 is 11.6 Å². The van der Waals surface area contributed by atoms with Gasteiger partial charge in [-0.2, -0.15) is 0 Å². The van der Waals surface area contributed by atoms with E-state index in [9.17, 15) is 8.42 Å². The summed E-state index contributed by atoms with van der Waals surface area (Å²) in [5.74, 6) is 0.702. The molecule has 6 heteroatoms. The predicted molar refractivity (Wildman–Crippen MR) is 85.6 cm³/mol. The van der Waals surface area contributed by atoms with Crippen LogP contribution in [0.1, 0.15) is 44.2 Å². The summed E-state index contributed by atoms with van der Waals surface area (Å²) in [4.78, 5) is 0. The first-order valence-electron chi connectivity index (χ1n) is 7.18. The molecule has 4 nitrogen and oxygen atoms in total. The molecule has 0 heterocycles. The molecule has 2 N–H and O–H groups in total. The highest BCUT2D eigenvalue weighted by Gasteiger charge is 2.30. The third-order valence-corrected chi connectivity index (χ3v) is 5.81. The summed E-state index contributed by atoms with van der Waals surface area (Å²) in [7, 11) is -3.01. The van der Waals surface area contributed by atoms with Crippen LogP contribution in [0, 0.1) is 0 Å². The van der Waals surface area contributed by atoms with E-state index in [2.05, 4.69) is 0 Å². The van der Waals surface area contributed by atoms with Gasteiger partial charge in [0.2, 0.25) is 0 Å². The molecule has 3 atom stereocenters. The Morgan fingerprint density at radius 2 is 2.10 bits per heavy atom. The lowest BCUT2D eigenvalue weighted by molar-refractivity contribution is 0.154. The monoisotopic (exact) mass is 331 g/mol. The van der Waals surface area contributed by atoms with E-state index in [1.54, 1.807) is 12.1 Å². The number of nitrogens with two attached hydrogens (primary N) is 1. The van der Waals surface area contributed by atoms with Crippen LogP contribution in [-0.4, -0.2) is 26.0 Å². The first kappa shape index (κ1) is 16.6. The zero-order chi connectivity index (χ0) is 15.6. The summed E-state index contributed by atoms with van der Waals surface area (Å²) in [6.45, 7) is 1.87. The Morgan fingerprint density at radius 1 is 1.38 bits per heavy atom. The number of rotatable bonds is 4. The fourth-order valence-corrected chi connectivity index (χ4v) is 4.10. The maximum Gasteiger partial charge on any atom is 0.150 e. The van der Waals surface area contributed by atoms with Gasteiger partial charge in [0.05, 0.1) is 11.4 Å². The molecule has 1 aliphatic rings. The standard InChI is InChI=1S/C15H22ClNO3S/c1-10(17)14-8-11(16)6-7-15(14)20-12-4-3-5-13(9-12)21(2,18)19/h6-8,10,12-13H,3-5,9,17H2,1-2H3/t10-,12?,13?/m1/s1. The second-order valence-corrected chi connectivity index (χ2v) is 8.59. The lowest BCUT2D eigenvalue weighted by atomic mass is 9.97. The molecule has 0 bridgehead atoms. The molecular weight excluding hydrogens is 310 g/mol. The minimum Gasteiger partial charge on any atom is -0.490 e. The molecule has 1 aromatic rings. The average Bonchev–Trinajstić information content (AvgIpc) is 2.40. The van der Waals surface area contributed by atoms with Crippen molar-refractivity contribution in [3.8, 4) is 5.75 Å². The van der Waals surface area contributed by atoms with Gasteiger partial charge < -0.3 is 10.5 Å². The second kappa shape index (κ2) is 6.55. The maximum absolute atomic E-state index is 11.7. The molecule has 1 fully saturated rings. The number of hydrogen-bond donors (Lipinski definition) is 1. The minimum atomic E-state index is -3.01. The molecular formula is C15H22ClNO3S. The number of halogens is 1. The molecule has 0 amide bonds. The lowest BCUT2D eigenvalue weighted by Gasteiger charge is -2.29. The zero-order valence-electron chi connectivity index (χ0n) is 12.4. The van der Waals surface area contributed by atoms with Crippen LogP contribution in [0.5, 0.6) is 5.75 Å². The Morgan fingerprint density at radius 3 is 2.71 bits per heavy atom. The summed E-state index contributed by atoms with van der Waals surface area (Å²) in [5.41, 5.74) is 6.80. The van der Waals surface area contributed by atoms with Crippen LogP contribution in [0.2, 0.25) is 5.02 Å². The Bertz CT molecular complexity index is 601. The Balaban J connectivity index is 2.15. The fourth-order valence-electron chi connectivity index (χ4n) is 2.76. The molecule has 118 valence electrons. The van der Waals surface area contributed by atoms with Gasteiger partial charge in [0, 0.05) is 29.3 Å². The van der Waals surface area contributed by atoms with Gasteiger partial charge in [0.25, 0.3) is 0 Å². The summed E-state index contributed by atoms with van der Waals surface area (Å²) in [5, 5.41) is 0.314. The molecule has 0 aliphatic heterocycles. The Hall–Kier alpha value is -0.780. The van der Waals surface area contributed by atoms with Gasteiger partial charge in [-0.05, 0) is 44.4 Å². The number of ether oxygens (including phenoxy) is 1. The van der Waals surface area contributed by atoms with Crippen molar-refractivity contribution < 1.29 is 13.2 Å². The molecule has 0 spiro atoms. The maximum atomic E-state index is 11.7. The minimum absolute atomic E-state index is 0.0860. The molecule has 0 saturated heterocycles. The topological polar surface area (TPSA) is 69.4 Å². The molecule has 1 aromatic carbocycles. The van der Waals surface area contributed by atoms with E-state index in [1.807, 2.05) is 13.0 Å². The van der Waals surface area contributed by atoms with Gasteiger partial charge >= 0.3 is 0 Å². The van der Waals surface area contributed by atoms with E-state index >= 15 is 0 Å². The SMILES string of the molecule is C[C@@H](N)c1cc(Cl)ccc1OC1CCCC(S(C)(=O)=O)C1. The van der Waals surface area contributed by atoms with E-state index in [4.69, 9.17) is 22.1 Å². The van der Waals surface area contributed by atoms with Crippen molar-refractivity contribution in [3.05, 3.63) is 28.8 Å². The van der Waals surface area contributed by atoms with Crippen LogP contribution in [0.3, 0.4) is 0 Å². The third-order valence-electron chi connectivity index (χ3n) is 3.94. The first-order valence-corrected chi connectivity index (χ1v) is 9.51. The molecule has 2 unspecified atom stereocenters. The van der Waals surface area contributed by atoms with E-state index in [1.165, 1.54) is 6.26 Å². The largest absolute Gasteiger partial charge is 0.490 e. The fraction of sp³-hybridized carbons (Fsp3) is 0.600. The summed E-state index contributed by atoms with van der Waals surface area (Å²) in [6, 6.07) is 5.19. The van der Waals surface area contributed by atoms with Crippen LogP contribution in [-0.2, 0) is 9.84 Å². The smallest absolute Gasteiger partial charge is 0.150 e. The van der Waals surface area contributed by atoms with E-state index in [0.29, 0.717) is 17.2 Å². The van der Waals surface area contributed by atoms with E-state index in [-0.39, 0.29) is 17.4 Å². The number of benzene rings is 1. The van der Waals surface area contributed by atoms with Crippen molar-refractivity contribution in [2.24, 2.45) is 5.73 Å². The van der Waals surface area contributed by atoms with Crippen molar-refractivity contribution in [3.63, 3.8) is 0 Å². The Kier molecular flexibility index (Phi) is 5.17. The summed E-state index contributed by atoms with van der Waals surface area (Å²) < 4.78 is 29.4. The van der Waals surface area contributed by atoms with Gasteiger partial charge in [-0.3, -0.25) is 0 Å². The first-order chi connectivity index (χ1) is 9.77. The normalized spacial score (nSPS) is 24.6. The molecule has 2 rings (SSSR count).